The molecule has 0 aromatic heterocycles. The summed E-state index contributed by atoms with van der Waals surface area (Å²) in [5.74, 6) is 1.45. The predicted molar refractivity (Wildman–Crippen MR) is 73.8 cm³/mol. The lowest BCUT2D eigenvalue weighted by Crippen LogP contribution is -2.38. The Balaban J connectivity index is 2.35. The zero-order chi connectivity index (χ0) is 13.1. The van der Waals surface area contributed by atoms with E-state index in [-0.39, 0.29) is 5.84 Å². The molecule has 1 aliphatic heterocycles. The van der Waals surface area contributed by atoms with Crippen LogP contribution in [0.3, 0.4) is 0 Å². The van der Waals surface area contributed by atoms with Crippen molar-refractivity contribution >= 4 is 22.3 Å². The van der Waals surface area contributed by atoms with E-state index in [2.05, 4.69) is 10.1 Å². The Labute approximate surface area is 109 Å². The first-order chi connectivity index (χ1) is 8.61. The molecule has 0 amide bonds. The second-order valence-electron chi connectivity index (χ2n) is 4.34. The van der Waals surface area contributed by atoms with E-state index in [4.69, 9.17) is 10.9 Å². The van der Waals surface area contributed by atoms with Crippen molar-refractivity contribution in [2.24, 2.45) is 10.9 Å². The summed E-state index contributed by atoms with van der Waals surface area (Å²) in [4.78, 5) is 2.13. The van der Waals surface area contributed by atoms with Crippen molar-refractivity contribution in [3.63, 3.8) is 0 Å². The minimum Gasteiger partial charge on any atom is -0.409 e. The lowest BCUT2D eigenvalue weighted by atomic mass is 10.1. The fraction of sp³-hybridized carbons (Fsp3) is 0.417. The van der Waals surface area contributed by atoms with Crippen LogP contribution in [0.15, 0.2) is 23.4 Å². The SMILES string of the molecule is Cc1ccc(N2CCS(=O)CC2)c(/C(N)=N/O)c1. The molecule has 0 aliphatic carbocycles. The van der Waals surface area contributed by atoms with E-state index in [1.54, 1.807) is 0 Å². The van der Waals surface area contributed by atoms with Gasteiger partial charge >= 0.3 is 0 Å². The highest BCUT2D eigenvalue weighted by Crippen LogP contribution is 2.23. The van der Waals surface area contributed by atoms with Gasteiger partial charge in [-0.05, 0) is 19.1 Å². The number of benzene rings is 1. The molecule has 0 radical (unpaired) electrons. The predicted octanol–water partition coefficient (Wildman–Crippen LogP) is 0.658. The third-order valence-electron chi connectivity index (χ3n) is 3.05. The summed E-state index contributed by atoms with van der Waals surface area (Å²) in [6.45, 7) is 3.44. The van der Waals surface area contributed by atoms with Crippen molar-refractivity contribution in [1.29, 1.82) is 0 Å². The molecule has 0 unspecified atom stereocenters. The smallest absolute Gasteiger partial charge is 0.172 e. The number of anilines is 1. The second kappa shape index (κ2) is 5.39. The van der Waals surface area contributed by atoms with Crippen LogP contribution < -0.4 is 10.6 Å². The van der Waals surface area contributed by atoms with Crippen LogP contribution in [-0.2, 0) is 10.8 Å². The molecule has 0 spiro atoms. The number of hydrogen-bond acceptors (Lipinski definition) is 4. The van der Waals surface area contributed by atoms with Crippen LogP contribution in [0.4, 0.5) is 5.69 Å². The van der Waals surface area contributed by atoms with Crippen molar-refractivity contribution in [1.82, 2.24) is 0 Å². The maximum atomic E-state index is 11.4. The molecule has 0 saturated carbocycles. The Morgan fingerprint density at radius 2 is 2.11 bits per heavy atom. The zero-order valence-electron chi connectivity index (χ0n) is 10.3. The van der Waals surface area contributed by atoms with E-state index in [9.17, 15) is 4.21 Å². The van der Waals surface area contributed by atoms with Crippen LogP contribution in [0.25, 0.3) is 0 Å². The molecule has 2 rings (SSSR count). The van der Waals surface area contributed by atoms with E-state index < -0.39 is 10.8 Å². The molecule has 1 aromatic rings. The van der Waals surface area contributed by atoms with Gasteiger partial charge in [0.25, 0.3) is 0 Å². The van der Waals surface area contributed by atoms with Crippen LogP contribution in [0.2, 0.25) is 0 Å². The molecule has 3 N–H and O–H groups in total. The first kappa shape index (κ1) is 12.9. The topological polar surface area (TPSA) is 78.9 Å². The quantitative estimate of drug-likeness (QED) is 0.357. The molecule has 1 aliphatic rings. The lowest BCUT2D eigenvalue weighted by Gasteiger charge is -2.30. The van der Waals surface area contributed by atoms with Crippen LogP contribution >= 0.6 is 0 Å². The highest BCUT2D eigenvalue weighted by atomic mass is 32.2. The molecule has 1 fully saturated rings. The maximum Gasteiger partial charge on any atom is 0.172 e. The number of amidine groups is 1. The minimum absolute atomic E-state index is 0.111. The number of hydrogen-bond donors (Lipinski definition) is 2. The molecule has 0 atom stereocenters. The molecule has 98 valence electrons. The van der Waals surface area contributed by atoms with Gasteiger partial charge in [0.05, 0.1) is 0 Å². The number of oxime groups is 1. The van der Waals surface area contributed by atoms with Gasteiger partial charge in [-0.2, -0.15) is 0 Å². The van der Waals surface area contributed by atoms with Crippen LogP contribution in [0, 0.1) is 6.92 Å². The monoisotopic (exact) mass is 267 g/mol. The number of rotatable bonds is 2. The first-order valence-electron chi connectivity index (χ1n) is 5.80. The fourth-order valence-electron chi connectivity index (χ4n) is 2.06. The molecule has 5 nitrogen and oxygen atoms in total. The standard InChI is InChI=1S/C12H17N3O2S/c1-9-2-3-11(10(8-9)12(13)14-16)15-4-6-18(17)7-5-15/h2-3,8,16H,4-7H2,1H3,(H2,13,14). The summed E-state index contributed by atoms with van der Waals surface area (Å²) in [5.41, 5.74) is 8.43. The normalized spacial score (nSPS) is 18.1. The van der Waals surface area contributed by atoms with E-state index >= 15 is 0 Å². The third-order valence-corrected chi connectivity index (χ3v) is 4.33. The molecule has 0 bridgehead atoms. The van der Waals surface area contributed by atoms with Gasteiger partial charge in [-0.25, -0.2) is 0 Å². The van der Waals surface area contributed by atoms with Crippen molar-refractivity contribution in [3.8, 4) is 0 Å². The largest absolute Gasteiger partial charge is 0.409 e. The molecule has 1 heterocycles. The minimum atomic E-state index is -0.711. The van der Waals surface area contributed by atoms with Gasteiger partial charge in [-0.1, -0.05) is 16.8 Å². The highest BCUT2D eigenvalue weighted by Gasteiger charge is 2.19. The molecule has 1 saturated heterocycles. The van der Waals surface area contributed by atoms with Crippen molar-refractivity contribution in [2.75, 3.05) is 29.5 Å². The summed E-state index contributed by atoms with van der Waals surface area (Å²) >= 11 is 0. The fourth-order valence-corrected chi connectivity index (χ4v) is 3.12. The van der Waals surface area contributed by atoms with Crippen LogP contribution in [0.5, 0.6) is 0 Å². The van der Waals surface area contributed by atoms with Gasteiger partial charge in [-0.3, -0.25) is 4.21 Å². The average molecular weight is 267 g/mol. The molecular weight excluding hydrogens is 250 g/mol. The van der Waals surface area contributed by atoms with Gasteiger partial charge in [-0.15, -0.1) is 0 Å². The van der Waals surface area contributed by atoms with Gasteiger partial charge < -0.3 is 15.8 Å². The summed E-state index contributed by atoms with van der Waals surface area (Å²) in [7, 11) is -0.711. The van der Waals surface area contributed by atoms with Crippen molar-refractivity contribution in [2.45, 2.75) is 6.92 Å². The van der Waals surface area contributed by atoms with Gasteiger partial charge in [0.15, 0.2) is 5.84 Å². The summed E-state index contributed by atoms with van der Waals surface area (Å²) in [6.07, 6.45) is 0. The van der Waals surface area contributed by atoms with Crippen LogP contribution in [0.1, 0.15) is 11.1 Å². The number of aryl methyl sites for hydroxylation is 1. The van der Waals surface area contributed by atoms with E-state index in [1.807, 2.05) is 25.1 Å². The maximum absolute atomic E-state index is 11.4. The second-order valence-corrected chi connectivity index (χ2v) is 6.04. The zero-order valence-corrected chi connectivity index (χ0v) is 11.1. The third kappa shape index (κ3) is 2.64. The molecule has 1 aromatic carbocycles. The summed E-state index contributed by atoms with van der Waals surface area (Å²) in [6, 6.07) is 5.86. The number of nitrogens with two attached hydrogens (primary N) is 1. The van der Waals surface area contributed by atoms with Gasteiger partial charge in [0, 0.05) is 46.6 Å². The van der Waals surface area contributed by atoms with Gasteiger partial charge in [0.2, 0.25) is 0 Å². The van der Waals surface area contributed by atoms with E-state index in [1.165, 1.54) is 0 Å². The Morgan fingerprint density at radius 1 is 1.44 bits per heavy atom. The Bertz CT molecular complexity index is 492. The van der Waals surface area contributed by atoms with E-state index in [0.717, 1.165) is 29.9 Å². The van der Waals surface area contributed by atoms with Gasteiger partial charge in [0.1, 0.15) is 0 Å². The average Bonchev–Trinajstić information content (AvgIpc) is 2.39. The lowest BCUT2D eigenvalue weighted by molar-refractivity contribution is 0.318. The Kier molecular flexibility index (Phi) is 3.86. The van der Waals surface area contributed by atoms with Crippen molar-refractivity contribution in [3.05, 3.63) is 29.3 Å². The Hall–Kier alpha value is -1.56. The summed E-state index contributed by atoms with van der Waals surface area (Å²) < 4.78 is 11.4. The van der Waals surface area contributed by atoms with Crippen molar-refractivity contribution < 1.29 is 9.42 Å². The number of nitrogens with zero attached hydrogens (tertiary/aromatic N) is 2. The summed E-state index contributed by atoms with van der Waals surface area (Å²) in [5, 5.41) is 11.9. The first-order valence-corrected chi connectivity index (χ1v) is 7.29. The molecule has 18 heavy (non-hydrogen) atoms. The van der Waals surface area contributed by atoms with Crippen LogP contribution in [-0.4, -0.2) is 39.8 Å². The Morgan fingerprint density at radius 3 is 2.72 bits per heavy atom. The van der Waals surface area contributed by atoms with E-state index in [0.29, 0.717) is 11.5 Å². The highest BCUT2D eigenvalue weighted by molar-refractivity contribution is 7.85. The molecular formula is C12H17N3O2S. The molecule has 6 heteroatoms.